The standard InChI is InChI=1S/C24H34O8/c1-12-7-8-18(28)16(11-25)9-20(31-14(3)26)17-10-19(29)13(2)21(24(17,5)6)23(22(12)30)32-15(4)27/h7,9,17-20,23,25,28-29H,8,10-11H2,1-6H3/b12-7+,16-9+/t17-,18-,19-,20+,23+/m0/s1. The van der Waals surface area contributed by atoms with E-state index in [-0.39, 0.29) is 24.0 Å². The molecule has 0 amide bonds. The Morgan fingerprint density at radius 3 is 2.22 bits per heavy atom. The lowest BCUT2D eigenvalue weighted by molar-refractivity contribution is -0.152. The highest BCUT2D eigenvalue weighted by Crippen LogP contribution is 2.49. The van der Waals surface area contributed by atoms with Crippen molar-refractivity contribution in [3.63, 3.8) is 0 Å². The van der Waals surface area contributed by atoms with Crippen molar-refractivity contribution >= 4 is 17.7 Å². The highest BCUT2D eigenvalue weighted by molar-refractivity contribution is 6.01. The van der Waals surface area contributed by atoms with Crippen LogP contribution in [0.15, 0.2) is 34.4 Å². The van der Waals surface area contributed by atoms with Gasteiger partial charge in [-0.05, 0) is 60.5 Å². The van der Waals surface area contributed by atoms with Crippen LogP contribution in [0.3, 0.4) is 0 Å². The number of aliphatic hydroxyl groups excluding tert-OH is 3. The molecule has 8 heteroatoms. The first-order valence-electron chi connectivity index (χ1n) is 10.7. The quantitative estimate of drug-likeness (QED) is 0.438. The number of rotatable bonds is 3. The second-order valence-electron chi connectivity index (χ2n) is 9.14. The molecule has 2 bridgehead atoms. The molecule has 0 fully saturated rings. The van der Waals surface area contributed by atoms with Gasteiger partial charge < -0.3 is 24.8 Å². The number of esters is 2. The molecule has 2 aliphatic carbocycles. The summed E-state index contributed by atoms with van der Waals surface area (Å²) in [7, 11) is 0. The number of hydrogen-bond donors (Lipinski definition) is 3. The average Bonchev–Trinajstić information content (AvgIpc) is 2.69. The van der Waals surface area contributed by atoms with Crippen LogP contribution in [0, 0.1) is 11.3 Å². The highest BCUT2D eigenvalue weighted by Gasteiger charge is 2.50. The van der Waals surface area contributed by atoms with Crippen LogP contribution in [0.2, 0.25) is 0 Å². The SMILES string of the molecule is CC(=O)O[C@H]1C(=O)/C(C)=C/C[C@H](O)/C(CO)=C/[C@@H](OC(C)=O)[C@@H]2C[C@H](O)C(C)=C1C2(C)C. The van der Waals surface area contributed by atoms with Crippen molar-refractivity contribution < 1.29 is 39.2 Å². The molecule has 0 aromatic heterocycles. The number of carbonyl (C=O) groups excluding carboxylic acids is 3. The smallest absolute Gasteiger partial charge is 0.303 e. The Bertz CT molecular complexity index is 863. The molecule has 2 aliphatic rings. The Balaban J connectivity index is 2.82. The number of fused-ring (bicyclic) bond motifs is 2. The van der Waals surface area contributed by atoms with E-state index in [1.165, 1.54) is 26.0 Å². The summed E-state index contributed by atoms with van der Waals surface area (Å²) in [5, 5.41) is 31.3. The molecule has 8 nitrogen and oxygen atoms in total. The fraction of sp³-hybridized carbons (Fsp3) is 0.625. The van der Waals surface area contributed by atoms with Crippen molar-refractivity contribution in [1.82, 2.24) is 0 Å². The zero-order valence-electron chi connectivity index (χ0n) is 19.5. The van der Waals surface area contributed by atoms with Gasteiger partial charge in [-0.3, -0.25) is 14.4 Å². The molecule has 0 aromatic carbocycles. The van der Waals surface area contributed by atoms with E-state index in [9.17, 15) is 29.7 Å². The molecule has 0 saturated carbocycles. The monoisotopic (exact) mass is 450 g/mol. The van der Waals surface area contributed by atoms with E-state index in [1.54, 1.807) is 13.8 Å². The van der Waals surface area contributed by atoms with Crippen LogP contribution in [-0.4, -0.2) is 64.1 Å². The lowest BCUT2D eigenvalue weighted by Crippen LogP contribution is -2.49. The van der Waals surface area contributed by atoms with Gasteiger partial charge in [0.2, 0.25) is 5.78 Å². The van der Waals surface area contributed by atoms with E-state index in [4.69, 9.17) is 9.47 Å². The van der Waals surface area contributed by atoms with Crippen LogP contribution in [0.1, 0.15) is 54.4 Å². The number of carbonyl (C=O) groups is 3. The van der Waals surface area contributed by atoms with Gasteiger partial charge >= 0.3 is 11.9 Å². The van der Waals surface area contributed by atoms with Crippen LogP contribution < -0.4 is 0 Å². The topological polar surface area (TPSA) is 130 Å². The van der Waals surface area contributed by atoms with Crippen molar-refractivity contribution in [2.24, 2.45) is 11.3 Å². The van der Waals surface area contributed by atoms with Gasteiger partial charge in [-0.25, -0.2) is 0 Å². The summed E-state index contributed by atoms with van der Waals surface area (Å²) in [5.74, 6) is -2.19. The molecule has 0 radical (unpaired) electrons. The van der Waals surface area contributed by atoms with E-state index in [0.29, 0.717) is 11.1 Å². The van der Waals surface area contributed by atoms with Crippen LogP contribution in [0.25, 0.3) is 0 Å². The summed E-state index contributed by atoms with van der Waals surface area (Å²) in [4.78, 5) is 37.2. The van der Waals surface area contributed by atoms with Crippen LogP contribution >= 0.6 is 0 Å². The Kier molecular flexibility index (Phi) is 8.20. The summed E-state index contributed by atoms with van der Waals surface area (Å²) >= 11 is 0. The molecule has 3 N–H and O–H groups in total. The molecule has 2 rings (SSSR count). The highest BCUT2D eigenvalue weighted by atomic mass is 16.5. The average molecular weight is 451 g/mol. The first kappa shape index (κ1) is 26.0. The molecule has 0 heterocycles. The van der Waals surface area contributed by atoms with Crippen molar-refractivity contribution in [1.29, 1.82) is 0 Å². The predicted octanol–water partition coefficient (Wildman–Crippen LogP) is 1.77. The largest absolute Gasteiger partial charge is 0.458 e. The van der Waals surface area contributed by atoms with Crippen molar-refractivity contribution in [2.45, 2.75) is 78.8 Å². The molecule has 0 aliphatic heterocycles. The predicted molar refractivity (Wildman–Crippen MR) is 116 cm³/mol. The number of Topliss-reactive ketones (excluding diaryl/α,β-unsaturated/α-hetero) is 1. The first-order valence-corrected chi connectivity index (χ1v) is 10.7. The fourth-order valence-electron chi connectivity index (χ4n) is 4.75. The zero-order valence-corrected chi connectivity index (χ0v) is 19.5. The third-order valence-corrected chi connectivity index (χ3v) is 6.53. The van der Waals surface area contributed by atoms with E-state index >= 15 is 0 Å². The van der Waals surface area contributed by atoms with Gasteiger partial charge in [-0.2, -0.15) is 0 Å². The van der Waals surface area contributed by atoms with Gasteiger partial charge in [0.05, 0.1) is 18.8 Å². The molecule has 5 atom stereocenters. The molecule has 0 aromatic rings. The molecule has 0 unspecified atom stereocenters. The molecular formula is C24H34O8. The number of ketones is 1. The second kappa shape index (κ2) is 10.1. The Labute approximate surface area is 188 Å². The maximum atomic E-state index is 13.4. The van der Waals surface area contributed by atoms with E-state index in [0.717, 1.165) is 0 Å². The van der Waals surface area contributed by atoms with Gasteiger partial charge in [0.25, 0.3) is 0 Å². The maximum Gasteiger partial charge on any atom is 0.303 e. The van der Waals surface area contributed by atoms with Crippen molar-refractivity contribution in [3.8, 4) is 0 Å². The van der Waals surface area contributed by atoms with Gasteiger partial charge in [-0.1, -0.05) is 19.9 Å². The molecule has 0 spiro atoms. The van der Waals surface area contributed by atoms with Crippen molar-refractivity contribution in [3.05, 3.63) is 34.4 Å². The number of hydrogen-bond acceptors (Lipinski definition) is 8. The zero-order chi connectivity index (χ0) is 24.4. The van der Waals surface area contributed by atoms with Crippen LogP contribution in [-0.2, 0) is 23.9 Å². The normalized spacial score (nSPS) is 34.3. The molecule has 32 heavy (non-hydrogen) atoms. The number of aliphatic hydroxyl groups is 3. The second-order valence-corrected chi connectivity index (χ2v) is 9.14. The first-order chi connectivity index (χ1) is 14.8. The van der Waals surface area contributed by atoms with Crippen molar-refractivity contribution in [2.75, 3.05) is 6.61 Å². The van der Waals surface area contributed by atoms with Crippen LogP contribution in [0.5, 0.6) is 0 Å². The minimum Gasteiger partial charge on any atom is -0.458 e. The number of ether oxygens (including phenoxy) is 2. The summed E-state index contributed by atoms with van der Waals surface area (Å²) in [6.07, 6.45) is -0.927. The fourth-order valence-corrected chi connectivity index (χ4v) is 4.75. The Morgan fingerprint density at radius 2 is 1.69 bits per heavy atom. The van der Waals surface area contributed by atoms with Crippen LogP contribution in [0.4, 0.5) is 0 Å². The van der Waals surface area contributed by atoms with E-state index in [1.807, 2.05) is 13.8 Å². The van der Waals surface area contributed by atoms with E-state index < -0.39 is 60.1 Å². The minimum absolute atomic E-state index is 0.0399. The third-order valence-electron chi connectivity index (χ3n) is 6.53. The maximum absolute atomic E-state index is 13.4. The summed E-state index contributed by atoms with van der Waals surface area (Å²) in [5.41, 5.74) is 0.691. The summed E-state index contributed by atoms with van der Waals surface area (Å²) in [6.45, 7) is 8.96. The van der Waals surface area contributed by atoms with Gasteiger partial charge in [0.1, 0.15) is 6.10 Å². The molecule has 178 valence electrons. The van der Waals surface area contributed by atoms with Gasteiger partial charge in [0, 0.05) is 19.8 Å². The Morgan fingerprint density at radius 1 is 1.09 bits per heavy atom. The molecular weight excluding hydrogens is 416 g/mol. The Hall–Kier alpha value is -2.29. The lowest BCUT2D eigenvalue weighted by Gasteiger charge is -2.47. The lowest BCUT2D eigenvalue weighted by atomic mass is 9.60. The third kappa shape index (κ3) is 5.36. The summed E-state index contributed by atoms with van der Waals surface area (Å²) in [6, 6.07) is 0. The van der Waals surface area contributed by atoms with Gasteiger partial charge in [-0.15, -0.1) is 0 Å². The molecule has 0 saturated heterocycles. The minimum atomic E-state index is -1.26. The van der Waals surface area contributed by atoms with E-state index in [2.05, 4.69) is 0 Å². The summed E-state index contributed by atoms with van der Waals surface area (Å²) < 4.78 is 11.0. The van der Waals surface area contributed by atoms with Gasteiger partial charge in [0.15, 0.2) is 6.10 Å².